The van der Waals surface area contributed by atoms with E-state index < -0.39 is 12.0 Å². The summed E-state index contributed by atoms with van der Waals surface area (Å²) in [5, 5.41) is 0. The number of Topliss-reactive ketones (excluding diaryl/α,β-unsaturated/α-hetero) is 1. The second-order valence-electron chi connectivity index (χ2n) is 8.46. The van der Waals surface area contributed by atoms with Gasteiger partial charge in [-0.1, -0.05) is 26.0 Å². The lowest BCUT2D eigenvalue weighted by atomic mass is 9.98. The third kappa shape index (κ3) is 5.26. The van der Waals surface area contributed by atoms with Gasteiger partial charge in [-0.3, -0.25) is 9.59 Å². The number of ketones is 1. The standard InChI is InChI=1S/C25H33FN2O4/c1-8-27-17(5)22(16(4)23(27)25(31)32-7)24(30)18(6)28(21(29)13-15(2)3)14-19-9-11-20(26)12-10-19/h9-12,15,18H,8,13-14H2,1-7H3. The van der Waals surface area contributed by atoms with Crippen molar-refractivity contribution in [2.75, 3.05) is 7.11 Å². The van der Waals surface area contributed by atoms with Crippen LogP contribution in [0, 0.1) is 25.6 Å². The highest BCUT2D eigenvalue weighted by Gasteiger charge is 2.33. The molecule has 7 heteroatoms. The summed E-state index contributed by atoms with van der Waals surface area (Å²) in [6, 6.07) is 5.14. The normalized spacial score (nSPS) is 12.0. The summed E-state index contributed by atoms with van der Waals surface area (Å²) in [6.07, 6.45) is 0.292. The number of halogens is 1. The van der Waals surface area contributed by atoms with E-state index in [-0.39, 0.29) is 30.0 Å². The van der Waals surface area contributed by atoms with Crippen LogP contribution in [0.3, 0.4) is 0 Å². The molecule has 2 aromatic rings. The molecule has 1 amide bonds. The van der Waals surface area contributed by atoms with Gasteiger partial charge in [0.15, 0.2) is 5.78 Å². The summed E-state index contributed by atoms with van der Waals surface area (Å²) < 4.78 is 20.0. The number of methoxy groups -OCH3 is 1. The first-order valence-electron chi connectivity index (χ1n) is 10.9. The fourth-order valence-corrected chi connectivity index (χ4v) is 4.06. The molecule has 0 saturated carbocycles. The Hall–Kier alpha value is -2.96. The third-order valence-corrected chi connectivity index (χ3v) is 5.72. The highest BCUT2D eigenvalue weighted by Crippen LogP contribution is 2.26. The van der Waals surface area contributed by atoms with E-state index >= 15 is 0 Å². The minimum Gasteiger partial charge on any atom is -0.464 e. The summed E-state index contributed by atoms with van der Waals surface area (Å²) in [5.41, 5.74) is 2.73. The van der Waals surface area contributed by atoms with Gasteiger partial charge >= 0.3 is 5.97 Å². The minimum absolute atomic E-state index is 0.121. The fraction of sp³-hybridized carbons (Fsp3) is 0.480. The van der Waals surface area contributed by atoms with Crippen molar-refractivity contribution in [3.63, 3.8) is 0 Å². The molecule has 1 atom stereocenters. The number of ether oxygens (including phenoxy) is 1. The second kappa shape index (κ2) is 10.6. The van der Waals surface area contributed by atoms with E-state index in [0.29, 0.717) is 35.5 Å². The highest BCUT2D eigenvalue weighted by molar-refractivity contribution is 6.06. The van der Waals surface area contributed by atoms with Crippen LogP contribution in [0.2, 0.25) is 0 Å². The van der Waals surface area contributed by atoms with Crippen molar-refractivity contribution in [1.82, 2.24) is 9.47 Å². The number of carbonyl (C=O) groups is 3. The summed E-state index contributed by atoms with van der Waals surface area (Å²) >= 11 is 0. The van der Waals surface area contributed by atoms with E-state index in [1.54, 1.807) is 37.5 Å². The number of carbonyl (C=O) groups excluding carboxylic acids is 3. The maximum atomic E-state index is 13.6. The number of hydrogen-bond acceptors (Lipinski definition) is 4. The topological polar surface area (TPSA) is 68.6 Å². The zero-order valence-corrected chi connectivity index (χ0v) is 20.0. The van der Waals surface area contributed by atoms with Crippen LogP contribution in [-0.4, -0.2) is 40.3 Å². The zero-order chi connectivity index (χ0) is 24.2. The summed E-state index contributed by atoms with van der Waals surface area (Å²) in [4.78, 5) is 40.6. The molecule has 174 valence electrons. The lowest BCUT2D eigenvalue weighted by Crippen LogP contribution is -2.43. The summed E-state index contributed by atoms with van der Waals surface area (Å²) in [7, 11) is 1.31. The van der Waals surface area contributed by atoms with Gasteiger partial charge in [0.1, 0.15) is 11.5 Å². The molecule has 0 aliphatic rings. The Labute approximate surface area is 189 Å². The second-order valence-corrected chi connectivity index (χ2v) is 8.46. The van der Waals surface area contributed by atoms with Crippen LogP contribution in [0.5, 0.6) is 0 Å². The quantitative estimate of drug-likeness (QED) is 0.415. The van der Waals surface area contributed by atoms with Gasteiger partial charge in [0, 0.05) is 30.8 Å². The molecule has 0 saturated heterocycles. The lowest BCUT2D eigenvalue weighted by molar-refractivity contribution is -0.133. The Kier molecular flexibility index (Phi) is 8.36. The first-order valence-corrected chi connectivity index (χ1v) is 10.9. The van der Waals surface area contributed by atoms with Crippen LogP contribution < -0.4 is 0 Å². The average Bonchev–Trinajstić information content (AvgIpc) is 3.00. The van der Waals surface area contributed by atoms with Crippen molar-refractivity contribution in [2.45, 2.75) is 67.1 Å². The molecule has 0 aliphatic heterocycles. The summed E-state index contributed by atoms with van der Waals surface area (Å²) in [6.45, 7) is 11.7. The Morgan fingerprint density at radius 1 is 1.09 bits per heavy atom. The van der Waals surface area contributed by atoms with Crippen molar-refractivity contribution in [2.24, 2.45) is 5.92 Å². The smallest absolute Gasteiger partial charge is 0.354 e. The van der Waals surface area contributed by atoms with Crippen LogP contribution in [-0.2, 0) is 22.6 Å². The van der Waals surface area contributed by atoms with E-state index in [2.05, 4.69) is 0 Å². The number of benzene rings is 1. The Balaban J connectivity index is 2.48. The van der Waals surface area contributed by atoms with Gasteiger partial charge in [0.05, 0.1) is 13.2 Å². The van der Waals surface area contributed by atoms with Crippen LogP contribution in [0.25, 0.3) is 0 Å². The van der Waals surface area contributed by atoms with E-state index in [1.807, 2.05) is 20.8 Å². The van der Waals surface area contributed by atoms with Gasteiger partial charge in [-0.15, -0.1) is 0 Å². The molecule has 0 radical (unpaired) electrons. The van der Waals surface area contributed by atoms with Gasteiger partial charge in [0.2, 0.25) is 5.91 Å². The van der Waals surface area contributed by atoms with Gasteiger partial charge < -0.3 is 14.2 Å². The molecule has 32 heavy (non-hydrogen) atoms. The largest absolute Gasteiger partial charge is 0.464 e. The minimum atomic E-state index is -0.762. The molecular weight excluding hydrogens is 411 g/mol. The molecule has 6 nitrogen and oxygen atoms in total. The van der Waals surface area contributed by atoms with Gasteiger partial charge in [-0.2, -0.15) is 0 Å². The Morgan fingerprint density at radius 3 is 2.19 bits per heavy atom. The van der Waals surface area contributed by atoms with Gasteiger partial charge in [-0.25, -0.2) is 9.18 Å². The number of nitrogens with zero attached hydrogens (tertiary/aromatic N) is 2. The van der Waals surface area contributed by atoms with Crippen molar-refractivity contribution < 1.29 is 23.5 Å². The number of esters is 1. The summed E-state index contributed by atoms with van der Waals surface area (Å²) in [5.74, 6) is -1.13. The Morgan fingerprint density at radius 2 is 1.69 bits per heavy atom. The van der Waals surface area contributed by atoms with Crippen molar-refractivity contribution in [1.29, 1.82) is 0 Å². The van der Waals surface area contributed by atoms with Crippen molar-refractivity contribution in [3.8, 4) is 0 Å². The number of hydrogen-bond donors (Lipinski definition) is 0. The molecule has 2 rings (SSSR count). The molecular formula is C25H33FN2O4. The predicted octanol–water partition coefficient (Wildman–Crippen LogP) is 4.70. The van der Waals surface area contributed by atoms with Crippen molar-refractivity contribution in [3.05, 3.63) is 58.2 Å². The van der Waals surface area contributed by atoms with Gasteiger partial charge in [0.25, 0.3) is 0 Å². The first kappa shape index (κ1) is 25.3. The molecule has 0 aliphatic carbocycles. The van der Waals surface area contributed by atoms with Crippen LogP contribution in [0.4, 0.5) is 4.39 Å². The van der Waals surface area contributed by atoms with Crippen LogP contribution in [0.1, 0.15) is 71.8 Å². The van der Waals surface area contributed by atoms with E-state index in [1.165, 1.54) is 24.1 Å². The third-order valence-electron chi connectivity index (χ3n) is 5.72. The average molecular weight is 445 g/mol. The van der Waals surface area contributed by atoms with Crippen LogP contribution >= 0.6 is 0 Å². The number of amides is 1. The zero-order valence-electron chi connectivity index (χ0n) is 20.0. The first-order chi connectivity index (χ1) is 15.0. The predicted molar refractivity (Wildman–Crippen MR) is 121 cm³/mol. The molecule has 0 bridgehead atoms. The van der Waals surface area contributed by atoms with E-state index in [9.17, 15) is 18.8 Å². The molecule has 1 heterocycles. The maximum Gasteiger partial charge on any atom is 0.354 e. The number of aromatic nitrogens is 1. The monoisotopic (exact) mass is 444 g/mol. The molecule has 1 unspecified atom stereocenters. The highest BCUT2D eigenvalue weighted by atomic mass is 19.1. The number of rotatable bonds is 9. The fourth-order valence-electron chi connectivity index (χ4n) is 4.06. The molecule has 0 spiro atoms. The Bertz CT molecular complexity index is 992. The van der Waals surface area contributed by atoms with E-state index in [4.69, 9.17) is 4.74 Å². The van der Waals surface area contributed by atoms with Crippen molar-refractivity contribution >= 4 is 17.7 Å². The van der Waals surface area contributed by atoms with Gasteiger partial charge in [-0.05, 0) is 56.9 Å². The molecule has 0 N–H and O–H groups in total. The molecule has 1 aromatic carbocycles. The lowest BCUT2D eigenvalue weighted by Gasteiger charge is -2.29. The van der Waals surface area contributed by atoms with Crippen LogP contribution in [0.15, 0.2) is 24.3 Å². The molecule has 1 aromatic heterocycles. The maximum absolute atomic E-state index is 13.6. The van der Waals surface area contributed by atoms with E-state index in [0.717, 1.165) is 5.56 Å². The molecule has 0 fully saturated rings. The SMILES string of the molecule is CCn1c(C)c(C(=O)C(C)N(Cc2ccc(F)cc2)C(=O)CC(C)C)c(C)c1C(=O)OC.